The first-order valence-corrected chi connectivity index (χ1v) is 7.32. The number of aliphatic hydroxyl groups excluding tert-OH is 1. The molecular formula is C16H23NO3. The molecule has 0 spiro atoms. The van der Waals surface area contributed by atoms with Crippen LogP contribution in [-0.4, -0.2) is 41.7 Å². The van der Waals surface area contributed by atoms with E-state index in [0.717, 1.165) is 31.7 Å². The number of carbonyl (C=O) groups is 1. The number of hydrogen-bond acceptors (Lipinski definition) is 3. The molecule has 4 nitrogen and oxygen atoms in total. The summed E-state index contributed by atoms with van der Waals surface area (Å²) in [6.45, 7) is 5.84. The average Bonchev–Trinajstić information content (AvgIpc) is 2.48. The lowest BCUT2D eigenvalue weighted by Gasteiger charge is -2.33. The van der Waals surface area contributed by atoms with Crippen molar-refractivity contribution in [2.45, 2.75) is 32.8 Å². The maximum Gasteiger partial charge on any atom is 0.253 e. The molecule has 0 saturated carbocycles. The van der Waals surface area contributed by atoms with Crippen LogP contribution in [0.25, 0.3) is 0 Å². The van der Waals surface area contributed by atoms with E-state index in [1.165, 1.54) is 0 Å². The Kier molecular flexibility index (Phi) is 5.01. The van der Waals surface area contributed by atoms with Crippen molar-refractivity contribution in [1.82, 2.24) is 4.90 Å². The van der Waals surface area contributed by atoms with E-state index in [-0.39, 0.29) is 12.0 Å². The van der Waals surface area contributed by atoms with Crippen molar-refractivity contribution >= 4 is 5.91 Å². The Bertz CT molecular complexity index is 434. The number of ether oxygens (including phenoxy) is 1. The molecule has 1 aromatic carbocycles. The Morgan fingerprint density at radius 3 is 2.45 bits per heavy atom. The second-order valence-corrected chi connectivity index (χ2v) is 5.33. The van der Waals surface area contributed by atoms with Crippen molar-refractivity contribution in [2.24, 2.45) is 5.92 Å². The molecule has 110 valence electrons. The van der Waals surface area contributed by atoms with Gasteiger partial charge in [-0.2, -0.15) is 0 Å². The fraction of sp³-hybridized carbons (Fsp3) is 0.562. The largest absolute Gasteiger partial charge is 0.494 e. The summed E-state index contributed by atoms with van der Waals surface area (Å²) in [7, 11) is 0. The summed E-state index contributed by atoms with van der Waals surface area (Å²) in [5.41, 5.74) is 0.698. The van der Waals surface area contributed by atoms with Crippen LogP contribution < -0.4 is 4.74 Å². The fourth-order valence-electron chi connectivity index (χ4n) is 2.63. The van der Waals surface area contributed by atoms with Crippen LogP contribution in [0.5, 0.6) is 5.75 Å². The van der Waals surface area contributed by atoms with Crippen LogP contribution in [0.3, 0.4) is 0 Å². The quantitative estimate of drug-likeness (QED) is 0.919. The monoisotopic (exact) mass is 277 g/mol. The minimum absolute atomic E-state index is 0.0668. The maximum atomic E-state index is 12.4. The Balaban J connectivity index is 1.94. The lowest BCUT2D eigenvalue weighted by atomic mass is 9.92. The molecule has 0 radical (unpaired) electrons. The summed E-state index contributed by atoms with van der Waals surface area (Å²) in [6, 6.07) is 7.29. The van der Waals surface area contributed by atoms with E-state index < -0.39 is 0 Å². The van der Waals surface area contributed by atoms with Crippen molar-refractivity contribution in [1.29, 1.82) is 0 Å². The molecule has 1 unspecified atom stereocenters. The molecule has 1 heterocycles. The van der Waals surface area contributed by atoms with Crippen molar-refractivity contribution in [2.75, 3.05) is 19.7 Å². The van der Waals surface area contributed by atoms with E-state index >= 15 is 0 Å². The fourth-order valence-corrected chi connectivity index (χ4v) is 2.63. The molecule has 1 aromatic rings. The number of piperidine rings is 1. The van der Waals surface area contributed by atoms with Gasteiger partial charge in [0.2, 0.25) is 0 Å². The number of nitrogens with zero attached hydrogens (tertiary/aromatic N) is 1. The number of likely N-dealkylation sites (tertiary alicyclic amines) is 1. The van der Waals surface area contributed by atoms with Crippen LogP contribution in [0.1, 0.15) is 37.0 Å². The highest BCUT2D eigenvalue weighted by atomic mass is 16.5. The summed E-state index contributed by atoms with van der Waals surface area (Å²) in [6.07, 6.45) is 1.47. The molecule has 1 saturated heterocycles. The number of aliphatic hydroxyl groups is 1. The molecule has 4 heteroatoms. The Morgan fingerprint density at radius 1 is 1.35 bits per heavy atom. The van der Waals surface area contributed by atoms with E-state index in [9.17, 15) is 9.90 Å². The third-order valence-corrected chi connectivity index (χ3v) is 3.92. The average molecular weight is 277 g/mol. The van der Waals surface area contributed by atoms with E-state index in [1.54, 1.807) is 0 Å². The molecule has 0 bridgehead atoms. The molecule has 0 aromatic heterocycles. The SMILES string of the molecule is CCOc1ccc(C(=O)N2CCC(C(C)O)CC2)cc1. The minimum Gasteiger partial charge on any atom is -0.494 e. The van der Waals surface area contributed by atoms with Gasteiger partial charge in [-0.15, -0.1) is 0 Å². The van der Waals surface area contributed by atoms with Crippen LogP contribution in [0.15, 0.2) is 24.3 Å². The van der Waals surface area contributed by atoms with Crippen molar-refractivity contribution < 1.29 is 14.6 Å². The summed E-state index contributed by atoms with van der Waals surface area (Å²) >= 11 is 0. The van der Waals surface area contributed by atoms with Gasteiger partial charge < -0.3 is 14.7 Å². The second-order valence-electron chi connectivity index (χ2n) is 5.33. The molecule has 2 rings (SSSR count). The summed E-state index contributed by atoms with van der Waals surface area (Å²) < 4.78 is 5.37. The van der Waals surface area contributed by atoms with Crippen LogP contribution >= 0.6 is 0 Å². The van der Waals surface area contributed by atoms with Crippen LogP contribution in [0.2, 0.25) is 0 Å². The first-order chi connectivity index (χ1) is 9.61. The lowest BCUT2D eigenvalue weighted by Crippen LogP contribution is -2.40. The third kappa shape index (κ3) is 3.51. The van der Waals surface area contributed by atoms with Gasteiger partial charge in [0.25, 0.3) is 5.91 Å². The molecule has 1 amide bonds. The maximum absolute atomic E-state index is 12.4. The predicted molar refractivity (Wildman–Crippen MR) is 77.9 cm³/mol. The Labute approximate surface area is 120 Å². The van der Waals surface area contributed by atoms with Gasteiger partial charge >= 0.3 is 0 Å². The number of hydrogen-bond donors (Lipinski definition) is 1. The van der Waals surface area contributed by atoms with Crippen molar-refractivity contribution in [3.05, 3.63) is 29.8 Å². The van der Waals surface area contributed by atoms with Gasteiger partial charge in [-0.3, -0.25) is 4.79 Å². The van der Waals surface area contributed by atoms with Crippen LogP contribution in [-0.2, 0) is 0 Å². The highest BCUT2D eigenvalue weighted by molar-refractivity contribution is 5.94. The lowest BCUT2D eigenvalue weighted by molar-refractivity contribution is 0.0521. The second kappa shape index (κ2) is 6.75. The molecule has 1 aliphatic heterocycles. The topological polar surface area (TPSA) is 49.8 Å². The van der Waals surface area contributed by atoms with Gasteiger partial charge in [-0.05, 0) is 56.9 Å². The molecule has 1 atom stereocenters. The molecule has 1 aliphatic rings. The van der Waals surface area contributed by atoms with Gasteiger partial charge in [0, 0.05) is 18.7 Å². The molecular weight excluding hydrogens is 254 g/mol. The summed E-state index contributed by atoms with van der Waals surface area (Å²) in [5, 5.41) is 9.58. The minimum atomic E-state index is -0.280. The van der Waals surface area contributed by atoms with Gasteiger partial charge in [0.05, 0.1) is 12.7 Å². The van der Waals surface area contributed by atoms with E-state index in [1.807, 2.05) is 43.0 Å². The number of benzene rings is 1. The summed E-state index contributed by atoms with van der Waals surface area (Å²) in [4.78, 5) is 14.2. The molecule has 20 heavy (non-hydrogen) atoms. The first-order valence-electron chi connectivity index (χ1n) is 7.32. The number of carbonyl (C=O) groups excluding carboxylic acids is 1. The number of amides is 1. The zero-order valence-corrected chi connectivity index (χ0v) is 12.2. The van der Waals surface area contributed by atoms with E-state index in [2.05, 4.69) is 0 Å². The van der Waals surface area contributed by atoms with Gasteiger partial charge in [-0.1, -0.05) is 0 Å². The normalized spacial score (nSPS) is 17.9. The van der Waals surface area contributed by atoms with Crippen LogP contribution in [0, 0.1) is 5.92 Å². The van der Waals surface area contributed by atoms with Crippen molar-refractivity contribution in [3.63, 3.8) is 0 Å². The first kappa shape index (κ1) is 14.9. The molecule has 1 N–H and O–H groups in total. The zero-order chi connectivity index (χ0) is 14.5. The third-order valence-electron chi connectivity index (χ3n) is 3.92. The highest BCUT2D eigenvalue weighted by Gasteiger charge is 2.25. The smallest absolute Gasteiger partial charge is 0.253 e. The van der Waals surface area contributed by atoms with E-state index in [0.29, 0.717) is 18.1 Å². The summed E-state index contributed by atoms with van der Waals surface area (Å²) in [5.74, 6) is 1.17. The van der Waals surface area contributed by atoms with Gasteiger partial charge in [-0.25, -0.2) is 0 Å². The van der Waals surface area contributed by atoms with Crippen LogP contribution in [0.4, 0.5) is 0 Å². The Morgan fingerprint density at radius 2 is 1.95 bits per heavy atom. The number of rotatable bonds is 4. The van der Waals surface area contributed by atoms with Crippen molar-refractivity contribution in [3.8, 4) is 5.75 Å². The standard InChI is InChI=1S/C16H23NO3/c1-3-20-15-6-4-14(5-7-15)16(19)17-10-8-13(9-11-17)12(2)18/h4-7,12-13,18H,3,8-11H2,1-2H3. The molecule has 0 aliphatic carbocycles. The highest BCUT2D eigenvalue weighted by Crippen LogP contribution is 2.22. The van der Waals surface area contributed by atoms with Gasteiger partial charge in [0.15, 0.2) is 0 Å². The van der Waals surface area contributed by atoms with Gasteiger partial charge in [0.1, 0.15) is 5.75 Å². The molecule has 1 fully saturated rings. The predicted octanol–water partition coefficient (Wildman–Crippen LogP) is 2.32. The zero-order valence-electron chi connectivity index (χ0n) is 12.2. The Hall–Kier alpha value is -1.55. The van der Waals surface area contributed by atoms with E-state index in [4.69, 9.17) is 4.74 Å².